The van der Waals surface area contributed by atoms with Crippen LogP contribution in [0.25, 0.3) is 71.2 Å². The summed E-state index contributed by atoms with van der Waals surface area (Å²) in [7, 11) is 0. The van der Waals surface area contributed by atoms with E-state index >= 15 is 0 Å². The third-order valence-corrected chi connectivity index (χ3v) is 7.11. The smallest absolute Gasteiger partial charge is 0.136 e. The molecular formula is C30H19N3O. The molecule has 0 aliphatic heterocycles. The van der Waals surface area contributed by atoms with Crippen molar-refractivity contribution >= 4 is 65.6 Å². The molecule has 2 N–H and O–H groups in total. The summed E-state index contributed by atoms with van der Waals surface area (Å²) in [6, 6.07) is 36.0. The fraction of sp³-hybridized carbons (Fsp3) is 0. The van der Waals surface area contributed by atoms with Crippen LogP contribution in [-0.2, 0) is 0 Å². The zero-order valence-corrected chi connectivity index (χ0v) is 18.2. The number of rotatable bonds is 1. The number of furan rings is 1. The highest BCUT2D eigenvalue weighted by Gasteiger charge is 2.18. The second-order valence-corrected chi connectivity index (χ2v) is 8.91. The molecule has 0 aliphatic rings. The van der Waals surface area contributed by atoms with E-state index in [1.54, 1.807) is 0 Å². The molecule has 0 spiro atoms. The Balaban J connectivity index is 1.55. The molecular weight excluding hydrogens is 418 g/mol. The molecule has 0 saturated heterocycles. The van der Waals surface area contributed by atoms with Crippen LogP contribution in [0.5, 0.6) is 0 Å². The Bertz CT molecular complexity index is 2070. The maximum Gasteiger partial charge on any atom is 0.136 e. The summed E-state index contributed by atoms with van der Waals surface area (Å²) in [4.78, 5) is 0. The molecule has 5 aromatic carbocycles. The van der Waals surface area contributed by atoms with Gasteiger partial charge in [-0.15, -0.1) is 0 Å². The summed E-state index contributed by atoms with van der Waals surface area (Å²) >= 11 is 0. The Morgan fingerprint density at radius 3 is 2.03 bits per heavy atom. The molecule has 0 radical (unpaired) electrons. The van der Waals surface area contributed by atoms with E-state index in [1.165, 1.54) is 16.3 Å². The molecule has 0 aliphatic carbocycles. The van der Waals surface area contributed by atoms with E-state index < -0.39 is 0 Å². The van der Waals surface area contributed by atoms with Gasteiger partial charge in [-0.05, 0) is 48.5 Å². The fourth-order valence-electron chi connectivity index (χ4n) is 5.58. The van der Waals surface area contributed by atoms with Gasteiger partial charge in [-0.25, -0.2) is 0 Å². The van der Waals surface area contributed by atoms with Crippen molar-refractivity contribution in [1.82, 2.24) is 9.24 Å². The number of nitrogens with zero attached hydrogens (tertiary/aromatic N) is 2. The van der Waals surface area contributed by atoms with Crippen LogP contribution in [0, 0.1) is 0 Å². The van der Waals surface area contributed by atoms with Crippen LogP contribution in [0.1, 0.15) is 0 Å². The maximum atomic E-state index is 6.73. The second-order valence-electron chi connectivity index (χ2n) is 8.91. The number of nitrogen functional groups attached to an aromatic ring is 1. The van der Waals surface area contributed by atoms with Crippen LogP contribution < -0.4 is 5.84 Å². The van der Waals surface area contributed by atoms with Crippen molar-refractivity contribution in [3.8, 4) is 5.69 Å². The summed E-state index contributed by atoms with van der Waals surface area (Å²) in [6.45, 7) is 0. The first-order chi connectivity index (χ1) is 16.8. The van der Waals surface area contributed by atoms with E-state index in [4.69, 9.17) is 10.3 Å². The third kappa shape index (κ3) is 2.17. The van der Waals surface area contributed by atoms with Crippen molar-refractivity contribution in [2.24, 2.45) is 0 Å². The van der Waals surface area contributed by atoms with Crippen LogP contribution in [0.4, 0.5) is 0 Å². The van der Waals surface area contributed by atoms with Gasteiger partial charge in [0.2, 0.25) is 0 Å². The van der Waals surface area contributed by atoms with E-state index in [0.717, 1.165) is 54.9 Å². The monoisotopic (exact) mass is 437 g/mol. The lowest BCUT2D eigenvalue weighted by Gasteiger charge is -2.07. The van der Waals surface area contributed by atoms with Crippen molar-refractivity contribution in [3.63, 3.8) is 0 Å². The van der Waals surface area contributed by atoms with Crippen LogP contribution in [-0.4, -0.2) is 9.24 Å². The number of para-hydroxylation sites is 3. The SMILES string of the molecule is Nn1c2cc3c(cc2c2cc4c5ccccc5n(-c5ccccc5)c4cc21)oc1ccccc13. The van der Waals surface area contributed by atoms with E-state index in [1.807, 2.05) is 28.9 Å². The minimum atomic E-state index is 0.882. The average Bonchev–Trinajstić information content (AvgIpc) is 3.50. The van der Waals surface area contributed by atoms with Gasteiger partial charge in [-0.1, -0.05) is 54.6 Å². The largest absolute Gasteiger partial charge is 0.456 e. The Labute approximate surface area is 194 Å². The molecule has 0 unspecified atom stereocenters. The van der Waals surface area contributed by atoms with Gasteiger partial charge in [0.25, 0.3) is 0 Å². The normalized spacial score (nSPS) is 12.2. The molecule has 0 amide bonds. The Morgan fingerprint density at radius 1 is 0.471 bits per heavy atom. The maximum absolute atomic E-state index is 6.73. The van der Waals surface area contributed by atoms with Crippen molar-refractivity contribution in [2.45, 2.75) is 0 Å². The van der Waals surface area contributed by atoms with Crippen molar-refractivity contribution in [2.75, 3.05) is 5.84 Å². The van der Waals surface area contributed by atoms with E-state index in [-0.39, 0.29) is 0 Å². The van der Waals surface area contributed by atoms with Crippen LogP contribution in [0.2, 0.25) is 0 Å². The first-order valence-corrected chi connectivity index (χ1v) is 11.4. The van der Waals surface area contributed by atoms with Gasteiger partial charge in [-0.2, -0.15) is 0 Å². The summed E-state index contributed by atoms with van der Waals surface area (Å²) in [5.41, 5.74) is 7.24. The number of hydrogen-bond acceptors (Lipinski definition) is 2. The highest BCUT2D eigenvalue weighted by Crippen LogP contribution is 2.40. The Hall–Kier alpha value is -4.70. The van der Waals surface area contributed by atoms with Crippen LogP contribution in [0.3, 0.4) is 0 Å². The molecule has 160 valence electrons. The van der Waals surface area contributed by atoms with Gasteiger partial charge < -0.3 is 14.8 Å². The highest BCUT2D eigenvalue weighted by molar-refractivity contribution is 6.21. The van der Waals surface area contributed by atoms with E-state index in [0.29, 0.717) is 0 Å². The number of aromatic nitrogens is 2. The standard InChI is InChI=1S/C30H19N3O/c31-33-27-15-24-20-11-5-7-13-29(20)34-30(24)16-23(27)22-14-21-19-10-4-6-12-25(19)32(26(21)17-28(22)33)18-8-2-1-3-9-18/h1-17H,31H2. The molecule has 0 bridgehead atoms. The van der Waals surface area contributed by atoms with E-state index in [9.17, 15) is 0 Å². The zero-order chi connectivity index (χ0) is 22.4. The average molecular weight is 438 g/mol. The molecule has 3 aromatic heterocycles. The zero-order valence-electron chi connectivity index (χ0n) is 18.2. The summed E-state index contributed by atoms with van der Waals surface area (Å²) in [5, 5.41) is 6.86. The molecule has 34 heavy (non-hydrogen) atoms. The van der Waals surface area contributed by atoms with Crippen molar-refractivity contribution in [3.05, 3.63) is 103 Å². The highest BCUT2D eigenvalue weighted by atomic mass is 16.3. The molecule has 0 atom stereocenters. The van der Waals surface area contributed by atoms with Gasteiger partial charge in [0.05, 0.1) is 22.1 Å². The minimum Gasteiger partial charge on any atom is -0.456 e. The van der Waals surface area contributed by atoms with Crippen LogP contribution >= 0.6 is 0 Å². The molecule has 8 rings (SSSR count). The molecule has 3 heterocycles. The lowest BCUT2D eigenvalue weighted by Crippen LogP contribution is -2.06. The number of hydrogen-bond donors (Lipinski definition) is 1. The molecule has 0 fully saturated rings. The van der Waals surface area contributed by atoms with Gasteiger partial charge in [0.15, 0.2) is 0 Å². The summed E-state index contributed by atoms with van der Waals surface area (Å²) in [6.07, 6.45) is 0. The molecule has 4 nitrogen and oxygen atoms in total. The van der Waals surface area contributed by atoms with Gasteiger partial charge >= 0.3 is 0 Å². The molecule has 0 saturated carbocycles. The summed E-state index contributed by atoms with van der Waals surface area (Å²) < 4.78 is 10.3. The van der Waals surface area contributed by atoms with Crippen molar-refractivity contribution < 1.29 is 4.42 Å². The predicted molar refractivity (Wildman–Crippen MR) is 141 cm³/mol. The Morgan fingerprint density at radius 2 is 1.15 bits per heavy atom. The fourth-order valence-corrected chi connectivity index (χ4v) is 5.58. The first kappa shape index (κ1) is 17.8. The minimum absolute atomic E-state index is 0.882. The molecule has 4 heteroatoms. The summed E-state index contributed by atoms with van der Waals surface area (Å²) in [5.74, 6) is 6.73. The molecule has 8 aromatic rings. The Kier molecular flexibility index (Phi) is 3.25. The third-order valence-electron chi connectivity index (χ3n) is 7.11. The van der Waals surface area contributed by atoms with E-state index in [2.05, 4.69) is 83.4 Å². The number of benzene rings is 5. The lowest BCUT2D eigenvalue weighted by atomic mass is 10.1. The second kappa shape index (κ2) is 6.21. The first-order valence-electron chi connectivity index (χ1n) is 11.4. The quantitative estimate of drug-likeness (QED) is 0.270. The number of nitrogens with two attached hydrogens (primary N) is 1. The van der Waals surface area contributed by atoms with Gasteiger partial charge in [0.1, 0.15) is 11.2 Å². The topological polar surface area (TPSA) is 49.0 Å². The number of fused-ring (bicyclic) bond motifs is 9. The predicted octanol–water partition coefficient (Wildman–Crippen LogP) is 7.50. The van der Waals surface area contributed by atoms with Gasteiger partial charge in [-0.3, -0.25) is 4.68 Å². The lowest BCUT2D eigenvalue weighted by molar-refractivity contribution is 0.669. The van der Waals surface area contributed by atoms with Crippen LogP contribution in [0.15, 0.2) is 108 Å². The van der Waals surface area contributed by atoms with Crippen molar-refractivity contribution in [1.29, 1.82) is 0 Å². The van der Waals surface area contributed by atoms with Gasteiger partial charge in [0, 0.05) is 38.0 Å².